The van der Waals surface area contributed by atoms with E-state index in [1.54, 1.807) is 12.1 Å². The molecule has 0 atom stereocenters. The number of aliphatic hydroxyl groups excluding tert-OH is 1. The molecule has 1 N–H and O–H groups in total. The predicted octanol–water partition coefficient (Wildman–Crippen LogP) is 4.09. The van der Waals surface area contributed by atoms with E-state index in [9.17, 15) is 14.3 Å². The van der Waals surface area contributed by atoms with Crippen molar-refractivity contribution in [2.24, 2.45) is 0 Å². The lowest BCUT2D eigenvalue weighted by Crippen LogP contribution is -2.47. The summed E-state index contributed by atoms with van der Waals surface area (Å²) >= 11 is 0. The van der Waals surface area contributed by atoms with Crippen LogP contribution in [0, 0.1) is 5.82 Å². The predicted molar refractivity (Wildman–Crippen MR) is 105 cm³/mol. The zero-order valence-electron chi connectivity index (χ0n) is 16.1. The van der Waals surface area contributed by atoms with Crippen molar-refractivity contribution in [2.75, 3.05) is 6.61 Å². The Labute approximate surface area is 165 Å². The zero-order valence-corrected chi connectivity index (χ0v) is 16.1. The number of halogens is 1. The number of benzene rings is 1. The Hall–Kier alpha value is -2.27. The van der Waals surface area contributed by atoms with E-state index >= 15 is 0 Å². The highest BCUT2D eigenvalue weighted by atomic mass is 19.1. The molecule has 0 radical (unpaired) electrons. The third-order valence-corrected chi connectivity index (χ3v) is 6.35. The van der Waals surface area contributed by atoms with Crippen molar-refractivity contribution in [3.8, 4) is 0 Å². The topological polar surface area (TPSA) is 53.4 Å². The molecule has 4 nitrogen and oxygen atoms in total. The lowest BCUT2D eigenvalue weighted by atomic mass is 9.68. The maximum absolute atomic E-state index is 13.6. The van der Waals surface area contributed by atoms with Crippen LogP contribution in [0.3, 0.4) is 0 Å². The molecule has 1 amide bonds. The highest BCUT2D eigenvalue weighted by molar-refractivity contribution is 5.94. The van der Waals surface area contributed by atoms with Gasteiger partial charge < -0.3 is 10.0 Å². The van der Waals surface area contributed by atoms with Crippen LogP contribution in [-0.2, 0) is 5.41 Å². The molecule has 4 rings (SSSR count). The van der Waals surface area contributed by atoms with Crippen LogP contribution in [0.15, 0.2) is 48.7 Å². The van der Waals surface area contributed by atoms with Crippen LogP contribution in [-0.4, -0.2) is 39.6 Å². The number of carbonyl (C=O) groups excluding carboxylic acids is 1. The molecule has 148 valence electrons. The number of aromatic nitrogens is 1. The second-order valence-corrected chi connectivity index (χ2v) is 8.15. The van der Waals surface area contributed by atoms with E-state index in [0.717, 1.165) is 44.2 Å². The van der Waals surface area contributed by atoms with Crippen LogP contribution in [0.1, 0.15) is 61.0 Å². The minimum Gasteiger partial charge on any atom is -0.396 e. The van der Waals surface area contributed by atoms with Crippen molar-refractivity contribution in [3.63, 3.8) is 0 Å². The minimum absolute atomic E-state index is 0.0560. The van der Waals surface area contributed by atoms with Crippen LogP contribution in [0.2, 0.25) is 0 Å². The Balaban J connectivity index is 1.53. The Morgan fingerprint density at radius 2 is 1.86 bits per heavy atom. The first kappa shape index (κ1) is 19.1. The van der Waals surface area contributed by atoms with Crippen molar-refractivity contribution in [3.05, 3.63) is 65.7 Å². The van der Waals surface area contributed by atoms with E-state index in [2.05, 4.69) is 4.98 Å². The molecular weight excluding hydrogens is 355 g/mol. The molecule has 2 fully saturated rings. The summed E-state index contributed by atoms with van der Waals surface area (Å²) in [7, 11) is 0. The average molecular weight is 382 g/mol. The van der Waals surface area contributed by atoms with Crippen LogP contribution in [0.25, 0.3) is 0 Å². The average Bonchev–Trinajstić information content (AvgIpc) is 3.55. The first-order valence-electron chi connectivity index (χ1n) is 10.2. The van der Waals surface area contributed by atoms with Crippen molar-refractivity contribution in [1.29, 1.82) is 0 Å². The van der Waals surface area contributed by atoms with Gasteiger partial charge in [-0.2, -0.15) is 0 Å². The van der Waals surface area contributed by atoms with E-state index in [1.807, 2.05) is 29.3 Å². The molecule has 1 aromatic heterocycles. The number of nitrogens with zero attached hydrogens (tertiary/aromatic N) is 2. The molecule has 0 saturated heterocycles. The number of hydrogen-bond acceptors (Lipinski definition) is 3. The van der Waals surface area contributed by atoms with Crippen molar-refractivity contribution < 1.29 is 14.3 Å². The number of hydrogen-bond donors (Lipinski definition) is 1. The lowest BCUT2D eigenvalue weighted by molar-refractivity contribution is 0.0548. The smallest absolute Gasteiger partial charge is 0.254 e. The molecule has 1 heterocycles. The highest BCUT2D eigenvalue weighted by Gasteiger charge is 2.43. The van der Waals surface area contributed by atoms with Gasteiger partial charge in [-0.3, -0.25) is 9.78 Å². The molecule has 0 spiro atoms. The molecule has 2 aliphatic rings. The van der Waals surface area contributed by atoms with Crippen molar-refractivity contribution >= 4 is 5.91 Å². The fourth-order valence-electron chi connectivity index (χ4n) is 4.71. The van der Waals surface area contributed by atoms with Crippen molar-refractivity contribution in [2.45, 2.75) is 62.4 Å². The molecule has 2 aromatic rings. The number of pyridine rings is 1. The summed E-state index contributed by atoms with van der Waals surface area (Å²) in [6.07, 6.45) is 8.12. The maximum atomic E-state index is 13.6. The van der Waals surface area contributed by atoms with Crippen molar-refractivity contribution in [1.82, 2.24) is 9.88 Å². The van der Waals surface area contributed by atoms with Gasteiger partial charge in [0.1, 0.15) is 5.82 Å². The van der Waals surface area contributed by atoms with E-state index in [0.29, 0.717) is 12.0 Å². The van der Waals surface area contributed by atoms with Crippen LogP contribution in [0.5, 0.6) is 0 Å². The quantitative estimate of drug-likeness (QED) is 0.819. The lowest BCUT2D eigenvalue weighted by Gasteiger charge is -2.43. The molecule has 2 saturated carbocycles. The molecular formula is C23H27FN2O2. The summed E-state index contributed by atoms with van der Waals surface area (Å²) in [6, 6.07) is 12.4. The van der Waals surface area contributed by atoms with Crippen LogP contribution in [0.4, 0.5) is 4.39 Å². The maximum Gasteiger partial charge on any atom is 0.254 e. The third kappa shape index (κ3) is 3.81. The minimum atomic E-state index is -0.373. The number of rotatable bonds is 6. The van der Waals surface area contributed by atoms with Gasteiger partial charge in [0, 0.05) is 41.6 Å². The first-order chi connectivity index (χ1) is 13.6. The van der Waals surface area contributed by atoms with Gasteiger partial charge in [-0.15, -0.1) is 0 Å². The molecule has 0 unspecified atom stereocenters. The molecule has 0 bridgehead atoms. The second-order valence-electron chi connectivity index (χ2n) is 8.15. The molecule has 2 aliphatic carbocycles. The van der Waals surface area contributed by atoms with E-state index in [-0.39, 0.29) is 35.8 Å². The fourth-order valence-corrected chi connectivity index (χ4v) is 4.71. The Morgan fingerprint density at radius 1 is 1.11 bits per heavy atom. The van der Waals surface area contributed by atoms with E-state index in [4.69, 9.17) is 0 Å². The van der Waals surface area contributed by atoms with Gasteiger partial charge in [-0.1, -0.05) is 12.1 Å². The van der Waals surface area contributed by atoms with Crippen LogP contribution < -0.4 is 0 Å². The fraction of sp³-hybridized carbons (Fsp3) is 0.478. The third-order valence-electron chi connectivity index (χ3n) is 6.35. The summed E-state index contributed by atoms with van der Waals surface area (Å²) < 4.78 is 13.6. The largest absolute Gasteiger partial charge is 0.396 e. The molecule has 0 aliphatic heterocycles. The summed E-state index contributed by atoms with van der Waals surface area (Å²) in [4.78, 5) is 19.7. The Morgan fingerprint density at radius 3 is 2.46 bits per heavy atom. The normalized spacial score (nSPS) is 24.7. The molecule has 28 heavy (non-hydrogen) atoms. The van der Waals surface area contributed by atoms with Gasteiger partial charge in [0.2, 0.25) is 0 Å². The van der Waals surface area contributed by atoms with Gasteiger partial charge in [-0.25, -0.2) is 4.39 Å². The Kier molecular flexibility index (Phi) is 5.44. The summed E-state index contributed by atoms with van der Waals surface area (Å²) in [5, 5.41) is 9.65. The number of aliphatic hydroxyl groups is 1. The summed E-state index contributed by atoms with van der Waals surface area (Å²) in [6.45, 7) is 0.135. The van der Waals surface area contributed by atoms with E-state index < -0.39 is 0 Å². The summed E-state index contributed by atoms with van der Waals surface area (Å²) in [5.41, 5.74) is 1.35. The van der Waals surface area contributed by atoms with Gasteiger partial charge in [0.05, 0.1) is 0 Å². The monoisotopic (exact) mass is 382 g/mol. The molecule has 1 aromatic carbocycles. The standard InChI is InChI=1S/C23H27FN2O2/c24-18-5-3-4-17(16-18)22(28)26(19-7-8-19)20-9-11-23(12-10-20,13-15-27)21-6-1-2-14-25-21/h1-6,14,16,19-20,27H,7-13,15H2/t20-,23-. The number of carbonyl (C=O) groups is 1. The number of amides is 1. The van der Waals surface area contributed by atoms with Gasteiger partial charge in [-0.05, 0) is 75.3 Å². The van der Waals surface area contributed by atoms with Gasteiger partial charge in [0.15, 0.2) is 0 Å². The van der Waals surface area contributed by atoms with Gasteiger partial charge >= 0.3 is 0 Å². The first-order valence-corrected chi connectivity index (χ1v) is 10.2. The second kappa shape index (κ2) is 8.00. The SMILES string of the molecule is O=C(c1cccc(F)c1)N(C1CC1)[C@H]1CC[C@](CCO)(c2ccccn2)CC1. The Bertz CT molecular complexity index is 814. The zero-order chi connectivity index (χ0) is 19.6. The van der Waals surface area contributed by atoms with E-state index in [1.165, 1.54) is 12.1 Å². The van der Waals surface area contributed by atoms with Crippen LogP contribution >= 0.6 is 0 Å². The highest BCUT2D eigenvalue weighted by Crippen LogP contribution is 2.44. The molecule has 5 heteroatoms. The van der Waals surface area contributed by atoms with Gasteiger partial charge in [0.25, 0.3) is 5.91 Å². The summed E-state index contributed by atoms with van der Waals surface area (Å²) in [5.74, 6) is -0.429.